The Balaban J connectivity index is 1.21. The first-order chi connectivity index (χ1) is 23.5. The largest absolute Gasteiger partial charge is 0.456 e. The van der Waals surface area contributed by atoms with E-state index in [-0.39, 0.29) is 5.41 Å². The van der Waals surface area contributed by atoms with Crippen molar-refractivity contribution in [2.24, 2.45) is 0 Å². The Morgan fingerprint density at radius 3 is 1.81 bits per heavy atom. The molecule has 9 aromatic carbocycles. The van der Waals surface area contributed by atoms with Crippen LogP contribution < -0.4 is 0 Å². The molecule has 0 bridgehead atoms. The highest BCUT2D eigenvalue weighted by atomic mass is 16.3. The molecule has 0 fully saturated rings. The monoisotopic (exact) mass is 610 g/mol. The van der Waals surface area contributed by atoms with Gasteiger partial charge in [0, 0.05) is 16.2 Å². The minimum Gasteiger partial charge on any atom is -0.456 e. The molecule has 1 nitrogen and oxygen atoms in total. The van der Waals surface area contributed by atoms with Gasteiger partial charge in [-0.3, -0.25) is 0 Å². The first-order valence-electron chi connectivity index (χ1n) is 16.8. The van der Waals surface area contributed by atoms with Crippen LogP contribution >= 0.6 is 0 Å². The van der Waals surface area contributed by atoms with Crippen molar-refractivity contribution in [1.82, 2.24) is 0 Å². The lowest BCUT2D eigenvalue weighted by atomic mass is 9.80. The Hall–Kier alpha value is -5.92. The lowest BCUT2D eigenvalue weighted by Crippen LogP contribution is -2.15. The predicted octanol–water partition coefficient (Wildman–Crippen LogP) is 13.3. The van der Waals surface area contributed by atoms with Crippen molar-refractivity contribution < 1.29 is 4.42 Å². The van der Waals surface area contributed by atoms with Crippen molar-refractivity contribution in [3.63, 3.8) is 0 Å². The summed E-state index contributed by atoms with van der Waals surface area (Å²) in [5.41, 5.74) is 12.0. The number of hydrogen-bond acceptors (Lipinski definition) is 1. The van der Waals surface area contributed by atoms with Gasteiger partial charge in [-0.2, -0.15) is 0 Å². The van der Waals surface area contributed by atoms with Crippen LogP contribution in [0.5, 0.6) is 0 Å². The number of benzene rings is 9. The second-order valence-electron chi connectivity index (χ2n) is 14.1. The molecule has 1 aliphatic carbocycles. The van der Waals surface area contributed by atoms with E-state index in [0.29, 0.717) is 0 Å². The van der Waals surface area contributed by atoms with Gasteiger partial charge in [-0.05, 0) is 142 Å². The second kappa shape index (κ2) is 9.12. The number of rotatable bonds is 2. The molecule has 1 aliphatic rings. The van der Waals surface area contributed by atoms with Crippen LogP contribution in [0.2, 0.25) is 0 Å². The maximum absolute atomic E-state index is 6.43. The van der Waals surface area contributed by atoms with Crippen LogP contribution in [-0.2, 0) is 5.41 Å². The molecule has 0 unspecified atom stereocenters. The molecule has 0 atom stereocenters. The highest BCUT2D eigenvalue weighted by Gasteiger charge is 2.38. The molecule has 10 aromatic rings. The van der Waals surface area contributed by atoms with Gasteiger partial charge >= 0.3 is 0 Å². The van der Waals surface area contributed by atoms with Gasteiger partial charge in [0.15, 0.2) is 0 Å². The standard InChI is InChI=1S/C47H30O/c1-47(2)40-24-30-9-4-3-8-29(30)22-39(40)46-38(31-18-19-37-36-12-5-6-13-42(36)48-43(37)26-31)23-35(25-41(46)47)34-20-32-16-14-27-10-7-11-28-15-17-33(21-34)45(32)44(27)28/h3-26H,1-2H3. The second-order valence-corrected chi connectivity index (χ2v) is 14.1. The zero-order chi connectivity index (χ0) is 31.7. The Morgan fingerprint density at radius 2 is 1.02 bits per heavy atom. The zero-order valence-corrected chi connectivity index (χ0v) is 26.8. The van der Waals surface area contributed by atoms with Crippen LogP contribution in [0.1, 0.15) is 25.0 Å². The molecule has 0 amide bonds. The van der Waals surface area contributed by atoms with Gasteiger partial charge in [-0.1, -0.05) is 105 Å². The van der Waals surface area contributed by atoms with Gasteiger partial charge in [0.25, 0.3) is 0 Å². The van der Waals surface area contributed by atoms with Crippen LogP contribution in [0.3, 0.4) is 0 Å². The first-order valence-corrected chi connectivity index (χ1v) is 16.8. The summed E-state index contributed by atoms with van der Waals surface area (Å²) >= 11 is 0. The molecule has 11 rings (SSSR count). The minimum absolute atomic E-state index is 0.168. The lowest BCUT2D eigenvalue weighted by Gasteiger charge is -2.23. The predicted molar refractivity (Wildman–Crippen MR) is 203 cm³/mol. The number of hydrogen-bond donors (Lipinski definition) is 0. The maximum atomic E-state index is 6.43. The molecule has 224 valence electrons. The summed E-state index contributed by atoms with van der Waals surface area (Å²) < 4.78 is 6.43. The van der Waals surface area contributed by atoms with E-state index in [1.54, 1.807) is 0 Å². The molecule has 48 heavy (non-hydrogen) atoms. The average Bonchev–Trinajstić information content (AvgIpc) is 3.60. The summed E-state index contributed by atoms with van der Waals surface area (Å²) in [5.74, 6) is 0. The topological polar surface area (TPSA) is 13.1 Å². The molecule has 0 N–H and O–H groups in total. The maximum Gasteiger partial charge on any atom is 0.136 e. The van der Waals surface area contributed by atoms with E-state index in [2.05, 4.69) is 153 Å². The third kappa shape index (κ3) is 3.46. The van der Waals surface area contributed by atoms with Crippen molar-refractivity contribution in [2.75, 3.05) is 0 Å². The summed E-state index contributed by atoms with van der Waals surface area (Å²) in [5, 5.41) is 12.7. The summed E-state index contributed by atoms with van der Waals surface area (Å²) in [6.45, 7) is 4.78. The number of fused-ring (bicyclic) bond motifs is 7. The van der Waals surface area contributed by atoms with E-state index < -0.39 is 0 Å². The molecule has 0 spiro atoms. The van der Waals surface area contributed by atoms with Crippen molar-refractivity contribution in [3.8, 4) is 33.4 Å². The van der Waals surface area contributed by atoms with E-state index in [4.69, 9.17) is 4.42 Å². The van der Waals surface area contributed by atoms with Crippen molar-refractivity contribution in [1.29, 1.82) is 0 Å². The molecule has 0 saturated heterocycles. The summed E-state index contributed by atoms with van der Waals surface area (Å²) in [6, 6.07) is 54.1. The SMILES string of the molecule is CC1(C)c2cc3ccccc3cc2-c2c(-c3ccc4c(c3)oc3ccccc34)cc(-c3cc4ccc5cccc6ccc(c3)c4c56)cc21. The molecule has 0 aliphatic heterocycles. The summed E-state index contributed by atoms with van der Waals surface area (Å²) in [7, 11) is 0. The average molecular weight is 611 g/mol. The smallest absolute Gasteiger partial charge is 0.136 e. The van der Waals surface area contributed by atoms with E-state index in [1.807, 2.05) is 6.07 Å². The van der Waals surface area contributed by atoms with E-state index in [1.165, 1.54) is 87.6 Å². The van der Waals surface area contributed by atoms with Gasteiger partial charge < -0.3 is 4.42 Å². The molecule has 1 heteroatoms. The first kappa shape index (κ1) is 26.2. The van der Waals surface area contributed by atoms with Gasteiger partial charge in [-0.25, -0.2) is 0 Å². The van der Waals surface area contributed by atoms with Crippen LogP contribution in [0.25, 0.3) is 98.4 Å². The Bertz CT molecular complexity index is 2910. The molecule has 0 radical (unpaired) electrons. The Labute approximate surface area is 278 Å². The number of para-hydroxylation sites is 1. The van der Waals surface area contributed by atoms with Gasteiger partial charge in [-0.15, -0.1) is 0 Å². The fourth-order valence-electron chi connectivity index (χ4n) is 8.74. The number of furan rings is 1. The molecule has 1 aromatic heterocycles. The minimum atomic E-state index is -0.168. The van der Waals surface area contributed by atoms with Crippen LogP contribution in [0, 0.1) is 0 Å². The summed E-state index contributed by atoms with van der Waals surface area (Å²) in [6.07, 6.45) is 0. The van der Waals surface area contributed by atoms with E-state index in [0.717, 1.165) is 21.9 Å². The fourth-order valence-corrected chi connectivity index (χ4v) is 8.74. The molecule has 0 saturated carbocycles. The van der Waals surface area contributed by atoms with Gasteiger partial charge in [0.1, 0.15) is 11.2 Å². The van der Waals surface area contributed by atoms with Crippen molar-refractivity contribution in [2.45, 2.75) is 19.3 Å². The van der Waals surface area contributed by atoms with Crippen molar-refractivity contribution >= 4 is 65.0 Å². The molecular weight excluding hydrogens is 581 g/mol. The third-order valence-electron chi connectivity index (χ3n) is 11.1. The highest BCUT2D eigenvalue weighted by molar-refractivity contribution is 6.23. The quantitative estimate of drug-likeness (QED) is 0.178. The lowest BCUT2D eigenvalue weighted by molar-refractivity contribution is 0.661. The molecular formula is C47H30O. The Morgan fingerprint density at radius 1 is 0.396 bits per heavy atom. The van der Waals surface area contributed by atoms with Gasteiger partial charge in [0.2, 0.25) is 0 Å². The normalized spacial score (nSPS) is 13.8. The van der Waals surface area contributed by atoms with E-state index >= 15 is 0 Å². The van der Waals surface area contributed by atoms with Crippen LogP contribution in [-0.4, -0.2) is 0 Å². The Kier molecular flexibility index (Phi) is 4.97. The molecule has 1 heterocycles. The van der Waals surface area contributed by atoms with Crippen molar-refractivity contribution in [3.05, 3.63) is 157 Å². The van der Waals surface area contributed by atoms with Crippen LogP contribution in [0.15, 0.2) is 150 Å². The zero-order valence-electron chi connectivity index (χ0n) is 26.8. The fraction of sp³-hybridized carbons (Fsp3) is 0.0638. The summed E-state index contributed by atoms with van der Waals surface area (Å²) in [4.78, 5) is 0. The van der Waals surface area contributed by atoms with E-state index in [9.17, 15) is 0 Å². The van der Waals surface area contributed by atoms with Crippen LogP contribution in [0.4, 0.5) is 0 Å². The van der Waals surface area contributed by atoms with Gasteiger partial charge in [0.05, 0.1) is 0 Å². The third-order valence-corrected chi connectivity index (χ3v) is 11.1. The highest BCUT2D eigenvalue weighted by Crippen LogP contribution is 2.55.